The van der Waals surface area contributed by atoms with Crippen LogP contribution in [0.4, 0.5) is 6.01 Å². The highest BCUT2D eigenvalue weighted by Crippen LogP contribution is 2.25. The summed E-state index contributed by atoms with van der Waals surface area (Å²) in [6, 6.07) is 10.4. The molecule has 1 aromatic carbocycles. The lowest BCUT2D eigenvalue weighted by molar-refractivity contribution is 0.0623. The van der Waals surface area contributed by atoms with Crippen LogP contribution < -0.4 is 5.32 Å². The summed E-state index contributed by atoms with van der Waals surface area (Å²) >= 11 is 1.48. The van der Waals surface area contributed by atoms with Gasteiger partial charge in [0.15, 0.2) is 0 Å². The summed E-state index contributed by atoms with van der Waals surface area (Å²) in [5.74, 6) is 1.00. The number of amides is 2. The topological polar surface area (TPSA) is 88.3 Å². The van der Waals surface area contributed by atoms with Crippen molar-refractivity contribution < 1.29 is 14.0 Å². The zero-order valence-corrected chi connectivity index (χ0v) is 17.1. The summed E-state index contributed by atoms with van der Waals surface area (Å²) in [5.41, 5.74) is 0.999. The van der Waals surface area contributed by atoms with Crippen LogP contribution in [0, 0.1) is 11.8 Å². The van der Waals surface area contributed by atoms with Crippen LogP contribution in [0.2, 0.25) is 0 Å². The molecule has 0 bridgehead atoms. The van der Waals surface area contributed by atoms with Gasteiger partial charge in [0, 0.05) is 24.2 Å². The number of benzene rings is 1. The van der Waals surface area contributed by atoms with Crippen LogP contribution in [-0.2, 0) is 0 Å². The highest BCUT2D eigenvalue weighted by molar-refractivity contribution is 7.13. The number of aromatic nitrogens is 2. The number of hydrogen-bond donors (Lipinski definition) is 1. The number of carbonyl (C=O) groups excluding carboxylic acids is 2. The fourth-order valence-electron chi connectivity index (χ4n) is 3.72. The molecular formula is C21H22N4O3S. The van der Waals surface area contributed by atoms with E-state index in [0.29, 0.717) is 28.9 Å². The molecule has 150 valence electrons. The van der Waals surface area contributed by atoms with Gasteiger partial charge < -0.3 is 9.32 Å². The van der Waals surface area contributed by atoms with Gasteiger partial charge in [0.05, 0.1) is 4.88 Å². The summed E-state index contributed by atoms with van der Waals surface area (Å²) in [5, 5.41) is 12.3. The zero-order chi connectivity index (χ0) is 20.4. The molecule has 2 atom stereocenters. The summed E-state index contributed by atoms with van der Waals surface area (Å²) in [7, 11) is 0. The van der Waals surface area contributed by atoms with Gasteiger partial charge in [0.2, 0.25) is 0 Å². The Labute approximate surface area is 172 Å². The summed E-state index contributed by atoms with van der Waals surface area (Å²) in [6.07, 6.45) is 1.15. The Morgan fingerprint density at radius 2 is 1.76 bits per heavy atom. The second-order valence-corrected chi connectivity index (χ2v) is 8.53. The predicted molar refractivity (Wildman–Crippen MR) is 111 cm³/mol. The van der Waals surface area contributed by atoms with Crippen LogP contribution in [0.5, 0.6) is 0 Å². The van der Waals surface area contributed by atoms with E-state index in [1.807, 2.05) is 22.4 Å². The van der Waals surface area contributed by atoms with Crippen LogP contribution in [0.3, 0.4) is 0 Å². The van der Waals surface area contributed by atoms with Crippen LogP contribution in [0.25, 0.3) is 10.8 Å². The molecule has 0 spiro atoms. The highest BCUT2D eigenvalue weighted by Gasteiger charge is 2.26. The molecule has 1 aliphatic heterocycles. The van der Waals surface area contributed by atoms with Crippen LogP contribution in [0.1, 0.15) is 41.0 Å². The molecule has 1 fully saturated rings. The van der Waals surface area contributed by atoms with E-state index in [-0.39, 0.29) is 17.8 Å². The third kappa shape index (κ3) is 4.37. The first-order valence-corrected chi connectivity index (χ1v) is 10.5. The molecule has 29 heavy (non-hydrogen) atoms. The van der Waals surface area contributed by atoms with Crippen molar-refractivity contribution in [2.45, 2.75) is 20.3 Å². The monoisotopic (exact) mass is 410 g/mol. The fourth-order valence-corrected chi connectivity index (χ4v) is 4.36. The van der Waals surface area contributed by atoms with Gasteiger partial charge in [0.1, 0.15) is 0 Å². The van der Waals surface area contributed by atoms with Crippen LogP contribution >= 0.6 is 11.3 Å². The van der Waals surface area contributed by atoms with E-state index in [1.165, 1.54) is 11.3 Å². The van der Waals surface area contributed by atoms with Crippen molar-refractivity contribution in [1.82, 2.24) is 15.1 Å². The highest BCUT2D eigenvalue weighted by atomic mass is 32.1. The predicted octanol–water partition coefficient (Wildman–Crippen LogP) is 4.17. The second-order valence-electron chi connectivity index (χ2n) is 7.58. The minimum Gasteiger partial charge on any atom is -0.402 e. The number of piperidine rings is 1. The molecule has 1 saturated heterocycles. The minimum absolute atomic E-state index is 0.00727. The first-order chi connectivity index (χ1) is 14.0. The number of nitrogens with zero attached hydrogens (tertiary/aromatic N) is 3. The lowest BCUT2D eigenvalue weighted by atomic mass is 9.91. The minimum atomic E-state index is -0.370. The SMILES string of the molecule is C[C@@H]1C[C@H](C)CN(C(=O)c2ccc(C(=O)Nc3nnc(-c4cccs4)o3)cc2)C1. The van der Waals surface area contributed by atoms with E-state index in [1.54, 1.807) is 24.3 Å². The van der Waals surface area contributed by atoms with Gasteiger partial charge in [-0.05, 0) is 54.0 Å². The molecule has 0 unspecified atom stereocenters. The zero-order valence-electron chi connectivity index (χ0n) is 16.3. The molecular weight excluding hydrogens is 388 g/mol. The molecule has 7 nitrogen and oxygen atoms in total. The Bertz CT molecular complexity index is 987. The molecule has 0 radical (unpaired) electrons. The summed E-state index contributed by atoms with van der Waals surface area (Å²) < 4.78 is 5.48. The van der Waals surface area contributed by atoms with E-state index < -0.39 is 0 Å². The number of hydrogen-bond acceptors (Lipinski definition) is 6. The van der Waals surface area contributed by atoms with Crippen molar-refractivity contribution in [3.8, 4) is 10.8 Å². The summed E-state index contributed by atoms with van der Waals surface area (Å²) in [6.45, 7) is 5.89. The van der Waals surface area contributed by atoms with Crippen molar-refractivity contribution in [2.75, 3.05) is 18.4 Å². The maximum Gasteiger partial charge on any atom is 0.322 e. The molecule has 0 saturated carbocycles. The number of rotatable bonds is 4. The molecule has 2 amide bonds. The smallest absolute Gasteiger partial charge is 0.322 e. The first-order valence-electron chi connectivity index (χ1n) is 9.57. The van der Waals surface area contributed by atoms with Gasteiger partial charge >= 0.3 is 6.01 Å². The van der Waals surface area contributed by atoms with Gasteiger partial charge in [-0.3, -0.25) is 14.9 Å². The Kier molecular flexibility index (Phi) is 5.44. The molecule has 1 N–H and O–H groups in total. The van der Waals surface area contributed by atoms with Crippen molar-refractivity contribution in [2.24, 2.45) is 11.8 Å². The average molecular weight is 410 g/mol. The van der Waals surface area contributed by atoms with Crippen molar-refractivity contribution in [1.29, 1.82) is 0 Å². The lowest BCUT2D eigenvalue weighted by Gasteiger charge is -2.35. The molecule has 3 heterocycles. The van der Waals surface area contributed by atoms with E-state index in [2.05, 4.69) is 29.4 Å². The Hall–Kier alpha value is -3.00. The standard InChI is InChI=1S/C21H22N4O3S/c1-13-10-14(2)12-25(11-13)20(27)16-7-5-15(6-8-16)18(26)22-21-24-23-19(28-21)17-4-3-9-29-17/h3-9,13-14H,10-12H2,1-2H3,(H,22,24,26)/t13-,14+. The molecule has 3 aromatic rings. The van der Waals surface area contributed by atoms with Crippen molar-refractivity contribution in [3.05, 3.63) is 52.9 Å². The Balaban J connectivity index is 1.41. The van der Waals surface area contributed by atoms with Gasteiger partial charge in [-0.25, -0.2) is 0 Å². The Morgan fingerprint density at radius 1 is 1.07 bits per heavy atom. The van der Waals surface area contributed by atoms with Gasteiger partial charge in [-0.15, -0.1) is 16.4 Å². The second kappa shape index (κ2) is 8.16. The summed E-state index contributed by atoms with van der Waals surface area (Å²) in [4.78, 5) is 28.0. The number of carbonyl (C=O) groups is 2. The maximum atomic E-state index is 12.8. The number of nitrogens with one attached hydrogen (secondary N) is 1. The van der Waals surface area contributed by atoms with Gasteiger partial charge in [0.25, 0.3) is 17.7 Å². The van der Waals surface area contributed by atoms with E-state index in [9.17, 15) is 9.59 Å². The molecule has 4 rings (SSSR count). The first kappa shape index (κ1) is 19.3. The maximum absolute atomic E-state index is 12.8. The molecule has 8 heteroatoms. The lowest BCUT2D eigenvalue weighted by Crippen LogP contribution is -2.42. The molecule has 0 aliphatic carbocycles. The largest absolute Gasteiger partial charge is 0.402 e. The van der Waals surface area contributed by atoms with E-state index >= 15 is 0 Å². The average Bonchev–Trinajstić information content (AvgIpc) is 3.38. The number of anilines is 1. The van der Waals surface area contributed by atoms with Crippen LogP contribution in [-0.4, -0.2) is 40.0 Å². The van der Waals surface area contributed by atoms with Crippen LogP contribution in [0.15, 0.2) is 46.2 Å². The number of thiophene rings is 1. The Morgan fingerprint density at radius 3 is 2.41 bits per heavy atom. The molecule has 2 aromatic heterocycles. The van der Waals surface area contributed by atoms with Crippen molar-refractivity contribution >= 4 is 29.2 Å². The quantitative estimate of drug-likeness (QED) is 0.697. The normalized spacial score (nSPS) is 19.2. The van der Waals surface area contributed by atoms with Gasteiger partial charge in [-0.1, -0.05) is 25.0 Å². The van der Waals surface area contributed by atoms with Crippen molar-refractivity contribution in [3.63, 3.8) is 0 Å². The third-order valence-corrected chi connectivity index (χ3v) is 5.79. The third-order valence-electron chi connectivity index (χ3n) is 4.93. The van der Waals surface area contributed by atoms with Gasteiger partial charge in [-0.2, -0.15) is 0 Å². The fraction of sp³-hybridized carbons (Fsp3) is 0.333. The van der Waals surface area contributed by atoms with E-state index in [0.717, 1.165) is 24.4 Å². The van der Waals surface area contributed by atoms with E-state index in [4.69, 9.17) is 4.42 Å². The number of likely N-dealkylation sites (tertiary alicyclic amines) is 1. The molecule has 1 aliphatic rings.